The van der Waals surface area contributed by atoms with Gasteiger partial charge in [-0.25, -0.2) is 9.37 Å². The predicted octanol–water partition coefficient (Wildman–Crippen LogP) is 3.00. The maximum Gasteiger partial charge on any atom is 0.147 e. The van der Waals surface area contributed by atoms with Crippen molar-refractivity contribution in [2.24, 2.45) is 0 Å². The largest absolute Gasteiger partial charge is 0.392 e. The predicted molar refractivity (Wildman–Crippen MR) is 73.7 cm³/mol. The minimum absolute atomic E-state index is 0.0886. The number of aliphatic hydroxyl groups is 1. The molecule has 0 amide bonds. The van der Waals surface area contributed by atoms with Crippen LogP contribution in [0.3, 0.4) is 0 Å². The van der Waals surface area contributed by atoms with E-state index in [2.05, 4.69) is 4.98 Å². The minimum Gasteiger partial charge on any atom is -0.392 e. The van der Waals surface area contributed by atoms with Gasteiger partial charge in [-0.05, 0) is 29.3 Å². The number of pyridine rings is 1. The molecule has 0 bridgehead atoms. The Labute approximate surface area is 116 Å². The zero-order valence-electron chi connectivity index (χ0n) is 10.5. The van der Waals surface area contributed by atoms with Gasteiger partial charge in [0.1, 0.15) is 11.6 Å². The smallest absolute Gasteiger partial charge is 0.147 e. The second-order valence-corrected chi connectivity index (χ2v) is 4.70. The third-order valence-corrected chi connectivity index (χ3v) is 3.03. The van der Waals surface area contributed by atoms with Gasteiger partial charge in [-0.1, -0.05) is 23.7 Å². The highest BCUT2D eigenvalue weighted by atomic mass is 35.5. The molecule has 1 aromatic heterocycles. The molecule has 0 saturated heterocycles. The zero-order valence-corrected chi connectivity index (χ0v) is 11.2. The van der Waals surface area contributed by atoms with Crippen molar-refractivity contribution >= 4 is 17.4 Å². The first kappa shape index (κ1) is 13.8. The fraction of sp³-hybridized carbons (Fsp3) is 0.214. The lowest BCUT2D eigenvalue weighted by atomic mass is 10.2. The Morgan fingerprint density at radius 1 is 1.26 bits per heavy atom. The molecule has 0 aliphatic rings. The highest BCUT2D eigenvalue weighted by Crippen LogP contribution is 2.24. The summed E-state index contributed by atoms with van der Waals surface area (Å²) >= 11 is 6.12. The molecule has 2 rings (SSSR count). The third kappa shape index (κ3) is 3.43. The summed E-state index contributed by atoms with van der Waals surface area (Å²) < 4.78 is 12.8. The van der Waals surface area contributed by atoms with Gasteiger partial charge in [0.15, 0.2) is 0 Å². The van der Waals surface area contributed by atoms with E-state index in [0.29, 0.717) is 22.9 Å². The van der Waals surface area contributed by atoms with E-state index in [1.54, 1.807) is 24.4 Å². The molecule has 0 spiro atoms. The summed E-state index contributed by atoms with van der Waals surface area (Å²) in [5, 5.41) is 9.49. The molecule has 1 heterocycles. The van der Waals surface area contributed by atoms with Gasteiger partial charge in [0, 0.05) is 19.8 Å². The maximum absolute atomic E-state index is 12.8. The third-order valence-electron chi connectivity index (χ3n) is 2.76. The number of hydrogen-bond donors (Lipinski definition) is 1. The van der Waals surface area contributed by atoms with Gasteiger partial charge in [-0.3, -0.25) is 0 Å². The highest BCUT2D eigenvalue weighted by Gasteiger charge is 2.09. The van der Waals surface area contributed by atoms with E-state index in [4.69, 9.17) is 16.7 Å². The molecule has 5 heteroatoms. The molecule has 1 aromatic carbocycles. The molecular weight excluding hydrogens is 267 g/mol. The summed E-state index contributed by atoms with van der Waals surface area (Å²) in [4.78, 5) is 6.09. The Bertz CT molecular complexity index is 560. The summed E-state index contributed by atoms with van der Waals surface area (Å²) in [6.45, 7) is 0.486. The molecule has 0 aliphatic carbocycles. The molecule has 0 atom stereocenters. The van der Waals surface area contributed by atoms with Crippen molar-refractivity contribution in [3.05, 3.63) is 58.5 Å². The van der Waals surface area contributed by atoms with E-state index in [1.165, 1.54) is 12.1 Å². The summed E-state index contributed by atoms with van der Waals surface area (Å²) in [7, 11) is 1.86. The van der Waals surface area contributed by atoms with Crippen molar-refractivity contribution < 1.29 is 9.50 Å². The van der Waals surface area contributed by atoms with Crippen molar-refractivity contribution in [1.29, 1.82) is 0 Å². The van der Waals surface area contributed by atoms with Crippen molar-refractivity contribution in [3.8, 4) is 0 Å². The van der Waals surface area contributed by atoms with Crippen LogP contribution in [0.2, 0.25) is 5.02 Å². The Morgan fingerprint density at radius 2 is 1.95 bits per heavy atom. The number of halogens is 2. The minimum atomic E-state index is -0.255. The fourth-order valence-electron chi connectivity index (χ4n) is 1.78. The normalized spacial score (nSPS) is 10.5. The van der Waals surface area contributed by atoms with Crippen molar-refractivity contribution in [2.45, 2.75) is 13.2 Å². The molecule has 0 radical (unpaired) electrons. The Morgan fingerprint density at radius 3 is 2.53 bits per heavy atom. The molecule has 0 aliphatic heterocycles. The van der Waals surface area contributed by atoms with Crippen LogP contribution in [-0.2, 0) is 13.2 Å². The Balaban J connectivity index is 2.15. The lowest BCUT2D eigenvalue weighted by Gasteiger charge is -2.19. The van der Waals surface area contributed by atoms with E-state index in [9.17, 15) is 4.39 Å². The summed E-state index contributed by atoms with van der Waals surface area (Å²) in [5.41, 5.74) is 1.64. The van der Waals surface area contributed by atoms with Gasteiger partial charge in [0.25, 0.3) is 0 Å². The van der Waals surface area contributed by atoms with Crippen LogP contribution in [0.4, 0.5) is 10.2 Å². The van der Waals surface area contributed by atoms with Crippen LogP contribution < -0.4 is 4.90 Å². The first-order chi connectivity index (χ1) is 9.10. The lowest BCUT2D eigenvalue weighted by molar-refractivity contribution is 0.281. The van der Waals surface area contributed by atoms with Crippen LogP contribution >= 0.6 is 11.6 Å². The van der Waals surface area contributed by atoms with E-state index < -0.39 is 0 Å². The van der Waals surface area contributed by atoms with E-state index >= 15 is 0 Å². The summed E-state index contributed by atoms with van der Waals surface area (Å²) in [6, 6.07) is 7.98. The van der Waals surface area contributed by atoms with E-state index in [0.717, 1.165) is 5.56 Å². The van der Waals surface area contributed by atoms with Crippen LogP contribution in [0.5, 0.6) is 0 Å². The van der Waals surface area contributed by atoms with Gasteiger partial charge < -0.3 is 10.0 Å². The molecular formula is C14H14ClFN2O. The molecule has 0 fully saturated rings. The molecule has 100 valence electrons. The zero-order chi connectivity index (χ0) is 13.8. The number of hydrogen-bond acceptors (Lipinski definition) is 3. The van der Waals surface area contributed by atoms with Crippen molar-refractivity contribution in [3.63, 3.8) is 0 Å². The van der Waals surface area contributed by atoms with Gasteiger partial charge >= 0.3 is 0 Å². The van der Waals surface area contributed by atoms with Crippen LogP contribution in [0.1, 0.15) is 11.1 Å². The molecule has 19 heavy (non-hydrogen) atoms. The Hall–Kier alpha value is -1.65. The van der Waals surface area contributed by atoms with Gasteiger partial charge in [-0.15, -0.1) is 0 Å². The second-order valence-electron chi connectivity index (χ2n) is 4.29. The first-order valence-electron chi connectivity index (χ1n) is 5.81. The average Bonchev–Trinajstić information content (AvgIpc) is 2.41. The SMILES string of the molecule is CN(Cc1ccc(F)cc1)c1ncc(CO)cc1Cl. The number of rotatable bonds is 4. The van der Waals surface area contributed by atoms with Crippen LogP contribution in [0.15, 0.2) is 36.5 Å². The summed E-state index contributed by atoms with van der Waals surface area (Å²) in [6.07, 6.45) is 1.59. The quantitative estimate of drug-likeness (QED) is 0.935. The summed E-state index contributed by atoms with van der Waals surface area (Å²) in [5.74, 6) is 0.373. The van der Waals surface area contributed by atoms with Gasteiger partial charge in [-0.2, -0.15) is 0 Å². The number of aromatic nitrogens is 1. The molecule has 1 N–H and O–H groups in total. The standard InChI is InChI=1S/C14H14ClFN2O/c1-18(8-10-2-4-12(16)5-3-10)14-13(15)6-11(9-19)7-17-14/h2-7,19H,8-9H2,1H3. The molecule has 2 aromatic rings. The molecule has 0 saturated carbocycles. The number of nitrogens with zero attached hydrogens (tertiary/aromatic N) is 2. The van der Waals surface area contributed by atoms with Gasteiger partial charge in [0.2, 0.25) is 0 Å². The van der Waals surface area contributed by atoms with E-state index in [1.807, 2.05) is 11.9 Å². The fourth-order valence-corrected chi connectivity index (χ4v) is 2.11. The van der Waals surface area contributed by atoms with E-state index in [-0.39, 0.29) is 12.4 Å². The average molecular weight is 281 g/mol. The molecule has 0 unspecified atom stereocenters. The number of benzene rings is 1. The monoisotopic (exact) mass is 280 g/mol. The Kier molecular flexibility index (Phi) is 4.35. The van der Waals surface area contributed by atoms with Crippen molar-refractivity contribution in [1.82, 2.24) is 4.98 Å². The number of aliphatic hydroxyl groups excluding tert-OH is 1. The highest BCUT2D eigenvalue weighted by molar-refractivity contribution is 6.33. The van der Waals surface area contributed by atoms with Crippen LogP contribution in [0.25, 0.3) is 0 Å². The lowest BCUT2D eigenvalue weighted by Crippen LogP contribution is -2.18. The first-order valence-corrected chi connectivity index (χ1v) is 6.19. The van der Waals surface area contributed by atoms with Crippen LogP contribution in [0, 0.1) is 5.82 Å². The second kappa shape index (κ2) is 5.99. The molecule has 3 nitrogen and oxygen atoms in total. The van der Waals surface area contributed by atoms with Gasteiger partial charge in [0.05, 0.1) is 11.6 Å². The maximum atomic E-state index is 12.8. The topological polar surface area (TPSA) is 36.4 Å². The van der Waals surface area contributed by atoms with Crippen LogP contribution in [-0.4, -0.2) is 17.1 Å². The van der Waals surface area contributed by atoms with Crippen molar-refractivity contribution in [2.75, 3.05) is 11.9 Å². The number of anilines is 1.